The van der Waals surface area contributed by atoms with Crippen molar-refractivity contribution in [2.24, 2.45) is 0 Å². The standard InChI is InChI=1S/C66H106O6/c1-4-7-10-13-16-19-22-25-28-30-31-32-33-34-35-37-38-41-44-47-50-53-56-59-65(68)71-62-63(61-70-64(67)58-55-52-49-46-43-40-27-24-21-18-15-12-9-6-3)72-66(69)60-57-54-51-48-45-42-39-36-29-26-23-20-17-14-11-8-5-2/h7-8,10-11,15-20,24-29,31-32,34-35,39,42,63H,4-6,9,12-14,21-23,30,33,36-38,40-41,43-62H2,1-3H3/b10-7-,11-8-,18-15-,19-16-,20-17-,27-24-,28-25-,29-26-,32-31-,35-34-,42-39-. The number of esters is 3. The minimum atomic E-state index is -0.807. The Balaban J connectivity index is 4.46. The first kappa shape index (κ1) is 67.5. The Kier molecular flexibility index (Phi) is 55.5. The van der Waals surface area contributed by atoms with Crippen LogP contribution in [0.4, 0.5) is 0 Å². The van der Waals surface area contributed by atoms with Crippen molar-refractivity contribution in [3.8, 4) is 0 Å². The molecule has 0 aromatic carbocycles. The van der Waals surface area contributed by atoms with Crippen LogP contribution in [0.2, 0.25) is 0 Å². The molecule has 0 N–H and O–H groups in total. The number of carbonyl (C=O) groups is 3. The molecule has 6 nitrogen and oxygen atoms in total. The van der Waals surface area contributed by atoms with E-state index in [4.69, 9.17) is 14.2 Å². The van der Waals surface area contributed by atoms with Crippen molar-refractivity contribution in [1.29, 1.82) is 0 Å². The van der Waals surface area contributed by atoms with Crippen molar-refractivity contribution < 1.29 is 28.6 Å². The lowest BCUT2D eigenvalue weighted by Crippen LogP contribution is -2.30. The molecule has 0 saturated carbocycles. The predicted octanol–water partition coefficient (Wildman–Crippen LogP) is 19.8. The SMILES string of the molecule is CC/C=C\C/C=C\C/C=C\C/C=C\C/C=C\CCCCCCCCCC(=O)OCC(COC(=O)CCCCCCC/C=C\C/C=C\CCCC)OC(=O)CCCCCC/C=C\C/C=C\C/C=C\C/C=C\CC. The van der Waals surface area contributed by atoms with Gasteiger partial charge in [0.25, 0.3) is 0 Å². The molecule has 0 rings (SSSR count). The summed E-state index contributed by atoms with van der Waals surface area (Å²) in [5.74, 6) is -0.954. The normalized spacial score (nSPS) is 13.1. The van der Waals surface area contributed by atoms with Crippen LogP contribution in [0.3, 0.4) is 0 Å². The summed E-state index contributed by atoms with van der Waals surface area (Å²) in [6.45, 7) is 6.32. The first-order valence-corrected chi connectivity index (χ1v) is 29.2. The zero-order chi connectivity index (χ0) is 52.2. The molecule has 0 aliphatic carbocycles. The highest BCUT2D eigenvalue weighted by Crippen LogP contribution is 2.14. The van der Waals surface area contributed by atoms with Gasteiger partial charge in [-0.15, -0.1) is 0 Å². The van der Waals surface area contributed by atoms with Gasteiger partial charge in [0.05, 0.1) is 0 Å². The lowest BCUT2D eigenvalue weighted by atomic mass is 10.1. The van der Waals surface area contributed by atoms with E-state index in [0.29, 0.717) is 12.8 Å². The summed E-state index contributed by atoms with van der Waals surface area (Å²) in [4.78, 5) is 38.2. The summed E-state index contributed by atoms with van der Waals surface area (Å²) in [7, 11) is 0. The van der Waals surface area contributed by atoms with E-state index in [2.05, 4.69) is 154 Å². The molecule has 0 saturated heterocycles. The largest absolute Gasteiger partial charge is 0.462 e. The maximum Gasteiger partial charge on any atom is 0.306 e. The van der Waals surface area contributed by atoms with Gasteiger partial charge >= 0.3 is 17.9 Å². The molecule has 6 heteroatoms. The summed E-state index contributed by atoms with van der Waals surface area (Å²) < 4.78 is 16.8. The van der Waals surface area contributed by atoms with E-state index >= 15 is 0 Å². The number of unbranched alkanes of at least 4 members (excludes halogenated alkanes) is 18. The Hall–Kier alpha value is -4.45. The van der Waals surface area contributed by atoms with Crippen molar-refractivity contribution in [3.63, 3.8) is 0 Å². The maximum absolute atomic E-state index is 12.9. The molecule has 0 bridgehead atoms. The fraction of sp³-hybridized carbons (Fsp3) is 0.621. The quantitative estimate of drug-likeness (QED) is 0.0261. The molecule has 0 heterocycles. The van der Waals surface area contributed by atoms with Crippen LogP contribution in [-0.4, -0.2) is 37.2 Å². The van der Waals surface area contributed by atoms with Crippen LogP contribution < -0.4 is 0 Å². The summed E-state index contributed by atoms with van der Waals surface area (Å²) in [5.41, 5.74) is 0. The third-order valence-corrected chi connectivity index (χ3v) is 11.9. The van der Waals surface area contributed by atoms with Gasteiger partial charge in [0.2, 0.25) is 0 Å². The van der Waals surface area contributed by atoms with Crippen LogP contribution >= 0.6 is 0 Å². The molecule has 0 amide bonds. The van der Waals surface area contributed by atoms with Crippen LogP contribution in [0.25, 0.3) is 0 Å². The zero-order valence-corrected chi connectivity index (χ0v) is 46.4. The summed E-state index contributed by atoms with van der Waals surface area (Å²) in [6, 6.07) is 0. The van der Waals surface area contributed by atoms with Crippen molar-refractivity contribution >= 4 is 17.9 Å². The van der Waals surface area contributed by atoms with Gasteiger partial charge in [-0.25, -0.2) is 0 Å². The van der Waals surface area contributed by atoms with E-state index in [1.165, 1.54) is 44.9 Å². The highest BCUT2D eigenvalue weighted by molar-refractivity contribution is 5.71. The number of ether oxygens (including phenoxy) is 3. The second-order valence-corrected chi connectivity index (χ2v) is 18.8. The molecule has 0 radical (unpaired) electrons. The molecule has 72 heavy (non-hydrogen) atoms. The van der Waals surface area contributed by atoms with Crippen LogP contribution in [0, 0.1) is 0 Å². The van der Waals surface area contributed by atoms with E-state index in [1.807, 2.05) is 0 Å². The lowest BCUT2D eigenvalue weighted by Gasteiger charge is -2.18. The molecule has 0 aliphatic heterocycles. The molecular formula is C66H106O6. The fourth-order valence-electron chi connectivity index (χ4n) is 7.53. The highest BCUT2D eigenvalue weighted by atomic mass is 16.6. The van der Waals surface area contributed by atoms with Gasteiger partial charge in [-0.05, 0) is 128 Å². The average molecular weight is 996 g/mol. The third kappa shape index (κ3) is 56.5. The van der Waals surface area contributed by atoms with Crippen molar-refractivity contribution in [3.05, 3.63) is 134 Å². The highest BCUT2D eigenvalue weighted by Gasteiger charge is 2.19. The van der Waals surface area contributed by atoms with E-state index in [-0.39, 0.29) is 37.5 Å². The zero-order valence-electron chi connectivity index (χ0n) is 46.4. The van der Waals surface area contributed by atoms with E-state index in [9.17, 15) is 14.4 Å². The van der Waals surface area contributed by atoms with E-state index in [0.717, 1.165) is 161 Å². The number of allylic oxidation sites excluding steroid dienone is 22. The number of hydrogen-bond acceptors (Lipinski definition) is 6. The molecule has 1 atom stereocenters. The Morgan fingerprint density at radius 2 is 0.542 bits per heavy atom. The van der Waals surface area contributed by atoms with Crippen LogP contribution in [0.1, 0.15) is 245 Å². The second-order valence-electron chi connectivity index (χ2n) is 18.8. The van der Waals surface area contributed by atoms with Gasteiger partial charge in [0, 0.05) is 19.3 Å². The van der Waals surface area contributed by atoms with E-state index < -0.39 is 6.10 Å². The van der Waals surface area contributed by atoms with Crippen molar-refractivity contribution in [2.75, 3.05) is 13.2 Å². The second kappa shape index (κ2) is 59.1. The van der Waals surface area contributed by atoms with Gasteiger partial charge < -0.3 is 14.2 Å². The minimum absolute atomic E-state index is 0.103. The van der Waals surface area contributed by atoms with Crippen LogP contribution in [0.5, 0.6) is 0 Å². The molecule has 1 unspecified atom stereocenters. The van der Waals surface area contributed by atoms with Gasteiger partial charge in [0.1, 0.15) is 13.2 Å². The molecule has 0 aromatic rings. The van der Waals surface area contributed by atoms with E-state index in [1.54, 1.807) is 0 Å². The topological polar surface area (TPSA) is 78.9 Å². The van der Waals surface area contributed by atoms with Crippen LogP contribution in [0.15, 0.2) is 134 Å². The van der Waals surface area contributed by atoms with Gasteiger partial charge in [0.15, 0.2) is 6.10 Å². The Morgan fingerprint density at radius 3 is 0.847 bits per heavy atom. The van der Waals surface area contributed by atoms with Gasteiger partial charge in [-0.2, -0.15) is 0 Å². The first-order valence-electron chi connectivity index (χ1n) is 29.2. The molecular weight excluding hydrogens is 889 g/mol. The predicted molar refractivity (Wildman–Crippen MR) is 311 cm³/mol. The third-order valence-electron chi connectivity index (χ3n) is 11.9. The maximum atomic E-state index is 12.9. The summed E-state index contributed by atoms with van der Waals surface area (Å²) in [6.07, 6.45) is 82.9. The molecule has 406 valence electrons. The monoisotopic (exact) mass is 995 g/mol. The fourth-order valence-corrected chi connectivity index (χ4v) is 7.53. The molecule has 0 aromatic heterocycles. The Morgan fingerprint density at radius 1 is 0.292 bits per heavy atom. The lowest BCUT2D eigenvalue weighted by molar-refractivity contribution is -0.167. The van der Waals surface area contributed by atoms with Gasteiger partial charge in [-0.1, -0.05) is 231 Å². The molecule has 0 spiro atoms. The smallest absolute Gasteiger partial charge is 0.306 e. The first-order chi connectivity index (χ1) is 35.5. The number of carbonyl (C=O) groups excluding carboxylic acids is 3. The number of hydrogen-bond donors (Lipinski definition) is 0. The van der Waals surface area contributed by atoms with Crippen molar-refractivity contribution in [1.82, 2.24) is 0 Å². The number of rotatable bonds is 51. The minimum Gasteiger partial charge on any atom is -0.462 e. The van der Waals surface area contributed by atoms with Gasteiger partial charge in [-0.3, -0.25) is 14.4 Å². The summed E-state index contributed by atoms with van der Waals surface area (Å²) in [5, 5.41) is 0. The summed E-state index contributed by atoms with van der Waals surface area (Å²) >= 11 is 0. The molecule has 0 fully saturated rings. The Bertz CT molecular complexity index is 1560. The Labute approximate surface area is 443 Å². The average Bonchev–Trinajstić information content (AvgIpc) is 3.38. The van der Waals surface area contributed by atoms with Crippen molar-refractivity contribution in [2.45, 2.75) is 252 Å². The molecule has 0 aliphatic rings. The van der Waals surface area contributed by atoms with Crippen LogP contribution in [-0.2, 0) is 28.6 Å².